The van der Waals surface area contributed by atoms with E-state index >= 15 is 0 Å². The summed E-state index contributed by atoms with van der Waals surface area (Å²) < 4.78 is 14.1. The molecule has 3 atom stereocenters. The van der Waals surface area contributed by atoms with Crippen LogP contribution in [0.4, 0.5) is 4.39 Å². The highest BCUT2D eigenvalue weighted by molar-refractivity contribution is 6.30. The van der Waals surface area contributed by atoms with Gasteiger partial charge >= 0.3 is 0 Å². The molecule has 1 fully saturated rings. The van der Waals surface area contributed by atoms with Crippen LogP contribution in [0.3, 0.4) is 0 Å². The molecular weight excluding hydrogens is 471 g/mol. The van der Waals surface area contributed by atoms with Gasteiger partial charge in [0.05, 0.1) is 17.1 Å². The number of benzene rings is 1. The Hall–Kier alpha value is -3.10. The Morgan fingerprint density at radius 3 is 2.74 bits per heavy atom. The molecule has 3 heterocycles. The number of piperidine rings is 1. The van der Waals surface area contributed by atoms with E-state index in [2.05, 4.69) is 15.3 Å². The SMILES string of the molecule is CC(C)(C)[C@@H](O)C(=O)N[C@@H]1CN(C(=O)c2cncc3cccnc23)CC[C@H]1c1cc(F)cc(Cl)c1. The number of aliphatic hydroxyl groups is 1. The van der Waals surface area contributed by atoms with Crippen LogP contribution in [0.5, 0.6) is 0 Å². The second-order valence-corrected chi connectivity index (χ2v) is 10.4. The van der Waals surface area contributed by atoms with E-state index in [1.807, 2.05) is 6.07 Å². The number of rotatable bonds is 4. The lowest BCUT2D eigenvalue weighted by Crippen LogP contribution is -2.56. The van der Waals surface area contributed by atoms with Crippen molar-refractivity contribution in [3.8, 4) is 0 Å². The predicted octanol–water partition coefficient (Wildman–Crippen LogP) is 3.94. The van der Waals surface area contributed by atoms with Gasteiger partial charge in [0.15, 0.2) is 0 Å². The van der Waals surface area contributed by atoms with Gasteiger partial charge < -0.3 is 15.3 Å². The van der Waals surface area contributed by atoms with Crippen molar-refractivity contribution in [3.05, 3.63) is 70.9 Å². The van der Waals surface area contributed by atoms with E-state index in [0.29, 0.717) is 29.6 Å². The molecule has 0 unspecified atom stereocenters. The molecule has 2 aromatic heterocycles. The number of aromatic nitrogens is 2. The molecule has 1 aliphatic rings. The largest absolute Gasteiger partial charge is 0.383 e. The molecule has 1 aromatic carbocycles. The summed E-state index contributed by atoms with van der Waals surface area (Å²) in [4.78, 5) is 36.6. The van der Waals surface area contributed by atoms with E-state index in [1.54, 1.807) is 50.2 Å². The molecular formula is C26H28ClFN4O3. The summed E-state index contributed by atoms with van der Waals surface area (Å²) in [5, 5.41) is 14.4. The number of pyridine rings is 2. The Morgan fingerprint density at radius 1 is 1.26 bits per heavy atom. The number of likely N-dealkylation sites (tertiary alicyclic amines) is 1. The van der Waals surface area contributed by atoms with Crippen molar-refractivity contribution in [3.63, 3.8) is 0 Å². The number of fused-ring (bicyclic) bond motifs is 1. The highest BCUT2D eigenvalue weighted by atomic mass is 35.5. The molecule has 35 heavy (non-hydrogen) atoms. The quantitative estimate of drug-likeness (QED) is 0.568. The van der Waals surface area contributed by atoms with Gasteiger partial charge in [-0.2, -0.15) is 0 Å². The Morgan fingerprint density at radius 2 is 2.03 bits per heavy atom. The summed E-state index contributed by atoms with van der Waals surface area (Å²) in [6.45, 7) is 5.84. The molecule has 2 amide bonds. The van der Waals surface area contributed by atoms with Gasteiger partial charge in [-0.3, -0.25) is 19.6 Å². The average molecular weight is 499 g/mol. The van der Waals surface area contributed by atoms with Gasteiger partial charge in [-0.05, 0) is 47.7 Å². The topological polar surface area (TPSA) is 95.4 Å². The third-order valence-corrected chi connectivity index (χ3v) is 6.57. The van der Waals surface area contributed by atoms with Gasteiger partial charge in [0.2, 0.25) is 5.91 Å². The normalized spacial score (nSPS) is 19.4. The van der Waals surface area contributed by atoms with Crippen LogP contribution in [-0.2, 0) is 4.79 Å². The number of carbonyl (C=O) groups is 2. The number of hydrogen-bond acceptors (Lipinski definition) is 5. The molecule has 2 N–H and O–H groups in total. The Balaban J connectivity index is 1.64. The standard InChI is InChI=1S/C26H28ClFN4O3/c1-26(2,3)23(33)24(34)31-21-14-32(8-6-19(21)16-9-17(27)11-18(28)10-16)25(35)20-13-29-12-15-5-4-7-30-22(15)20/h4-5,7,9-13,19,21,23,33H,6,8,14H2,1-3H3,(H,31,34)/t19-,21+,23-/m0/s1. The molecule has 0 spiro atoms. The van der Waals surface area contributed by atoms with Gasteiger partial charge in [-0.25, -0.2) is 4.39 Å². The van der Waals surface area contributed by atoms with Crippen LogP contribution in [-0.4, -0.2) is 57.0 Å². The van der Waals surface area contributed by atoms with Crippen molar-refractivity contribution in [2.24, 2.45) is 5.41 Å². The zero-order chi connectivity index (χ0) is 25.3. The number of amides is 2. The van der Waals surface area contributed by atoms with Gasteiger partial charge in [-0.1, -0.05) is 32.4 Å². The van der Waals surface area contributed by atoms with Crippen molar-refractivity contribution >= 4 is 34.3 Å². The van der Waals surface area contributed by atoms with Crippen molar-refractivity contribution in [1.29, 1.82) is 0 Å². The van der Waals surface area contributed by atoms with E-state index in [4.69, 9.17) is 11.6 Å². The van der Waals surface area contributed by atoms with Crippen LogP contribution in [0, 0.1) is 11.2 Å². The Bertz CT molecular complexity index is 1240. The molecule has 1 aliphatic heterocycles. The van der Waals surface area contributed by atoms with Gasteiger partial charge in [0.1, 0.15) is 11.9 Å². The zero-order valence-electron chi connectivity index (χ0n) is 19.8. The maximum Gasteiger partial charge on any atom is 0.257 e. The first-order valence-corrected chi connectivity index (χ1v) is 11.8. The average Bonchev–Trinajstić information content (AvgIpc) is 2.81. The summed E-state index contributed by atoms with van der Waals surface area (Å²) in [5.41, 5.74) is 0.878. The van der Waals surface area contributed by atoms with Crippen LogP contribution in [0.2, 0.25) is 5.02 Å². The van der Waals surface area contributed by atoms with Crippen molar-refractivity contribution in [1.82, 2.24) is 20.2 Å². The lowest BCUT2D eigenvalue weighted by atomic mass is 9.83. The molecule has 0 bridgehead atoms. The molecule has 4 rings (SSSR count). The van der Waals surface area contributed by atoms with E-state index in [1.165, 1.54) is 18.3 Å². The monoisotopic (exact) mass is 498 g/mol. The summed E-state index contributed by atoms with van der Waals surface area (Å²) in [6.07, 6.45) is 3.98. The number of nitrogens with zero attached hydrogens (tertiary/aromatic N) is 3. The second-order valence-electron chi connectivity index (χ2n) is 9.99. The van der Waals surface area contributed by atoms with Crippen molar-refractivity contribution in [2.75, 3.05) is 13.1 Å². The van der Waals surface area contributed by atoms with Gasteiger partial charge in [0, 0.05) is 48.0 Å². The Kier molecular flexibility index (Phi) is 7.05. The fraction of sp³-hybridized carbons (Fsp3) is 0.385. The first-order valence-electron chi connectivity index (χ1n) is 11.5. The molecule has 184 valence electrons. The van der Waals surface area contributed by atoms with E-state index in [-0.39, 0.29) is 23.4 Å². The minimum atomic E-state index is -1.25. The first-order chi connectivity index (χ1) is 16.5. The first kappa shape index (κ1) is 25.0. The molecule has 0 aliphatic carbocycles. The van der Waals surface area contributed by atoms with E-state index in [0.717, 1.165) is 5.39 Å². The van der Waals surface area contributed by atoms with Crippen LogP contribution in [0.25, 0.3) is 10.9 Å². The summed E-state index contributed by atoms with van der Waals surface area (Å²) in [6, 6.07) is 7.34. The molecule has 0 saturated carbocycles. The zero-order valence-corrected chi connectivity index (χ0v) is 20.6. The number of hydrogen-bond donors (Lipinski definition) is 2. The van der Waals surface area contributed by atoms with Crippen LogP contribution in [0.15, 0.2) is 48.9 Å². The maximum atomic E-state index is 14.1. The summed E-state index contributed by atoms with van der Waals surface area (Å²) in [7, 11) is 0. The highest BCUT2D eigenvalue weighted by Crippen LogP contribution is 2.32. The van der Waals surface area contributed by atoms with Crippen LogP contribution in [0.1, 0.15) is 49.0 Å². The molecule has 7 nitrogen and oxygen atoms in total. The lowest BCUT2D eigenvalue weighted by molar-refractivity contribution is -0.135. The fourth-order valence-electron chi connectivity index (χ4n) is 4.45. The molecule has 9 heteroatoms. The summed E-state index contributed by atoms with van der Waals surface area (Å²) >= 11 is 6.10. The fourth-order valence-corrected chi connectivity index (χ4v) is 4.68. The molecule has 1 saturated heterocycles. The van der Waals surface area contributed by atoms with Crippen molar-refractivity contribution in [2.45, 2.75) is 45.3 Å². The predicted molar refractivity (Wildman–Crippen MR) is 132 cm³/mol. The number of halogens is 2. The number of carbonyl (C=O) groups excluding carboxylic acids is 2. The number of nitrogens with one attached hydrogen (secondary N) is 1. The summed E-state index contributed by atoms with van der Waals surface area (Å²) in [5.74, 6) is -1.57. The van der Waals surface area contributed by atoms with Crippen LogP contribution >= 0.6 is 11.6 Å². The third kappa shape index (κ3) is 5.44. The third-order valence-electron chi connectivity index (χ3n) is 6.35. The lowest BCUT2D eigenvalue weighted by Gasteiger charge is -2.40. The minimum Gasteiger partial charge on any atom is -0.383 e. The van der Waals surface area contributed by atoms with Gasteiger partial charge in [-0.15, -0.1) is 0 Å². The maximum absolute atomic E-state index is 14.1. The van der Waals surface area contributed by atoms with Crippen LogP contribution < -0.4 is 5.32 Å². The number of aliphatic hydroxyl groups excluding tert-OH is 1. The van der Waals surface area contributed by atoms with E-state index < -0.39 is 29.3 Å². The molecule has 0 radical (unpaired) electrons. The Labute approximate surface area is 208 Å². The molecule has 3 aromatic rings. The van der Waals surface area contributed by atoms with Gasteiger partial charge in [0.25, 0.3) is 5.91 Å². The van der Waals surface area contributed by atoms with Crippen molar-refractivity contribution < 1.29 is 19.1 Å². The smallest absolute Gasteiger partial charge is 0.257 e. The minimum absolute atomic E-state index is 0.170. The highest BCUT2D eigenvalue weighted by Gasteiger charge is 2.37. The second kappa shape index (κ2) is 9.87. The van der Waals surface area contributed by atoms with E-state index in [9.17, 15) is 19.1 Å².